The van der Waals surface area contributed by atoms with E-state index in [1.54, 1.807) is 27.7 Å². The van der Waals surface area contributed by atoms with Crippen LogP contribution in [0.4, 0.5) is 4.79 Å². The Morgan fingerprint density at radius 3 is 2.62 bits per heavy atom. The number of hydrogen-bond donors (Lipinski definition) is 1. The Morgan fingerprint density at radius 2 is 2.05 bits per heavy atom. The van der Waals surface area contributed by atoms with Crippen molar-refractivity contribution in [2.75, 3.05) is 6.61 Å². The molecule has 5 heteroatoms. The Morgan fingerprint density at radius 1 is 1.43 bits per heavy atom. The van der Waals surface area contributed by atoms with Crippen molar-refractivity contribution in [3.05, 3.63) is 35.9 Å². The SMILES string of the molecule is CC(C)(O)[C@H]1COC(C)(C)N1C(=O)OCc1ccccc1. The van der Waals surface area contributed by atoms with Crippen LogP contribution in [0.3, 0.4) is 0 Å². The number of aliphatic hydroxyl groups is 1. The highest BCUT2D eigenvalue weighted by Crippen LogP contribution is 2.33. The maximum atomic E-state index is 12.4. The minimum absolute atomic E-state index is 0.199. The van der Waals surface area contributed by atoms with E-state index in [1.807, 2.05) is 30.3 Å². The molecular formula is C16H23NO4. The maximum absolute atomic E-state index is 12.4. The van der Waals surface area contributed by atoms with Crippen molar-refractivity contribution in [3.8, 4) is 0 Å². The zero-order valence-corrected chi connectivity index (χ0v) is 13.0. The molecule has 2 rings (SSSR count). The molecule has 1 N–H and O–H groups in total. The molecular weight excluding hydrogens is 270 g/mol. The average molecular weight is 293 g/mol. The minimum Gasteiger partial charge on any atom is -0.444 e. The number of nitrogens with zero attached hydrogens (tertiary/aromatic N) is 1. The Labute approximate surface area is 125 Å². The molecule has 1 saturated heterocycles. The number of carbonyl (C=O) groups is 1. The summed E-state index contributed by atoms with van der Waals surface area (Å²) in [5.74, 6) is 0. The molecule has 1 aliphatic heterocycles. The molecule has 1 aromatic carbocycles. The van der Waals surface area contributed by atoms with Gasteiger partial charge in [-0.05, 0) is 33.3 Å². The molecule has 0 aromatic heterocycles. The summed E-state index contributed by atoms with van der Waals surface area (Å²) >= 11 is 0. The summed E-state index contributed by atoms with van der Waals surface area (Å²) in [4.78, 5) is 13.9. The van der Waals surface area contributed by atoms with Crippen LogP contribution in [0.25, 0.3) is 0 Å². The van der Waals surface area contributed by atoms with E-state index in [-0.39, 0.29) is 13.2 Å². The summed E-state index contributed by atoms with van der Waals surface area (Å²) in [5.41, 5.74) is -0.929. The second kappa shape index (κ2) is 5.66. The van der Waals surface area contributed by atoms with Crippen molar-refractivity contribution in [3.63, 3.8) is 0 Å². The van der Waals surface area contributed by atoms with E-state index in [0.717, 1.165) is 5.56 Å². The highest BCUT2D eigenvalue weighted by Gasteiger charge is 2.50. The van der Waals surface area contributed by atoms with Crippen molar-refractivity contribution in [1.29, 1.82) is 0 Å². The van der Waals surface area contributed by atoms with E-state index >= 15 is 0 Å². The lowest BCUT2D eigenvalue weighted by atomic mass is 9.98. The first-order valence-corrected chi connectivity index (χ1v) is 7.08. The molecule has 1 aliphatic rings. The fraction of sp³-hybridized carbons (Fsp3) is 0.562. The quantitative estimate of drug-likeness (QED) is 0.930. The van der Waals surface area contributed by atoms with Gasteiger partial charge >= 0.3 is 6.09 Å². The summed E-state index contributed by atoms with van der Waals surface area (Å²) in [5, 5.41) is 10.2. The topological polar surface area (TPSA) is 59.0 Å². The van der Waals surface area contributed by atoms with E-state index in [2.05, 4.69) is 0 Å². The molecule has 0 bridgehead atoms. The van der Waals surface area contributed by atoms with Crippen LogP contribution >= 0.6 is 0 Å². The third-order valence-electron chi connectivity index (χ3n) is 3.70. The number of ether oxygens (including phenoxy) is 2. The van der Waals surface area contributed by atoms with Gasteiger partial charge in [0.1, 0.15) is 12.3 Å². The van der Waals surface area contributed by atoms with Gasteiger partial charge in [-0.2, -0.15) is 0 Å². The van der Waals surface area contributed by atoms with Crippen LogP contribution in [0, 0.1) is 0 Å². The molecule has 5 nitrogen and oxygen atoms in total. The second-order valence-electron chi connectivity index (χ2n) is 6.34. The fourth-order valence-electron chi connectivity index (χ4n) is 2.46. The molecule has 0 radical (unpaired) electrons. The van der Waals surface area contributed by atoms with Crippen molar-refractivity contribution >= 4 is 6.09 Å². The molecule has 1 heterocycles. The number of benzene rings is 1. The van der Waals surface area contributed by atoms with Gasteiger partial charge in [0.25, 0.3) is 0 Å². The van der Waals surface area contributed by atoms with Gasteiger partial charge in [-0.15, -0.1) is 0 Å². The lowest BCUT2D eigenvalue weighted by Gasteiger charge is -2.37. The lowest BCUT2D eigenvalue weighted by molar-refractivity contribution is -0.0627. The Kier molecular flexibility index (Phi) is 4.25. The number of carbonyl (C=O) groups excluding carboxylic acids is 1. The van der Waals surface area contributed by atoms with Crippen LogP contribution in [-0.4, -0.2) is 40.1 Å². The summed E-state index contributed by atoms with van der Waals surface area (Å²) in [6, 6.07) is 9.05. The van der Waals surface area contributed by atoms with E-state index in [0.29, 0.717) is 0 Å². The first-order chi connectivity index (χ1) is 9.72. The van der Waals surface area contributed by atoms with Gasteiger partial charge in [0.05, 0.1) is 18.2 Å². The van der Waals surface area contributed by atoms with Crippen molar-refractivity contribution in [2.45, 2.75) is 51.7 Å². The first-order valence-electron chi connectivity index (χ1n) is 7.08. The van der Waals surface area contributed by atoms with Crippen LogP contribution in [0.15, 0.2) is 30.3 Å². The van der Waals surface area contributed by atoms with E-state index < -0.39 is 23.5 Å². The summed E-state index contributed by atoms with van der Waals surface area (Å²) in [6.45, 7) is 7.41. The van der Waals surface area contributed by atoms with Gasteiger partial charge in [-0.25, -0.2) is 4.79 Å². The van der Waals surface area contributed by atoms with Gasteiger partial charge in [0, 0.05) is 0 Å². The third-order valence-corrected chi connectivity index (χ3v) is 3.70. The Bertz CT molecular complexity index is 493. The normalized spacial score (nSPS) is 21.4. The molecule has 0 spiro atoms. The van der Waals surface area contributed by atoms with E-state index in [4.69, 9.17) is 9.47 Å². The predicted molar refractivity (Wildman–Crippen MR) is 78.6 cm³/mol. The monoisotopic (exact) mass is 293 g/mol. The zero-order chi connectivity index (χ0) is 15.7. The number of hydrogen-bond acceptors (Lipinski definition) is 4. The average Bonchev–Trinajstić information content (AvgIpc) is 2.73. The van der Waals surface area contributed by atoms with Gasteiger partial charge in [-0.3, -0.25) is 4.90 Å². The molecule has 1 atom stereocenters. The molecule has 116 valence electrons. The molecule has 1 aromatic rings. The highest BCUT2D eigenvalue weighted by molar-refractivity contribution is 5.69. The van der Waals surface area contributed by atoms with Crippen LogP contribution < -0.4 is 0 Å². The smallest absolute Gasteiger partial charge is 0.412 e. The van der Waals surface area contributed by atoms with Crippen LogP contribution in [0.2, 0.25) is 0 Å². The fourth-order valence-corrected chi connectivity index (χ4v) is 2.46. The molecule has 21 heavy (non-hydrogen) atoms. The lowest BCUT2D eigenvalue weighted by Crippen LogP contribution is -2.55. The van der Waals surface area contributed by atoms with Crippen molar-refractivity contribution in [2.24, 2.45) is 0 Å². The summed E-state index contributed by atoms with van der Waals surface area (Å²) in [7, 11) is 0. The van der Waals surface area contributed by atoms with Crippen LogP contribution in [0.5, 0.6) is 0 Å². The molecule has 0 unspecified atom stereocenters. The maximum Gasteiger partial charge on any atom is 0.412 e. The van der Waals surface area contributed by atoms with Crippen molar-refractivity contribution < 1.29 is 19.4 Å². The number of rotatable bonds is 3. The van der Waals surface area contributed by atoms with Gasteiger partial charge < -0.3 is 14.6 Å². The summed E-state index contributed by atoms with van der Waals surface area (Å²) < 4.78 is 11.0. The summed E-state index contributed by atoms with van der Waals surface area (Å²) in [6.07, 6.45) is -0.478. The largest absolute Gasteiger partial charge is 0.444 e. The van der Waals surface area contributed by atoms with E-state index in [1.165, 1.54) is 4.90 Å². The molecule has 1 fully saturated rings. The Balaban J connectivity index is 2.08. The minimum atomic E-state index is -1.06. The molecule has 0 saturated carbocycles. The van der Waals surface area contributed by atoms with Crippen molar-refractivity contribution in [1.82, 2.24) is 4.90 Å². The standard InChI is InChI=1S/C16H23NO4/c1-15(2,19)13-11-21-16(3,4)17(13)14(18)20-10-12-8-6-5-7-9-12/h5-9,13,19H,10-11H2,1-4H3/t13-/m1/s1. The predicted octanol–water partition coefficient (Wildman–Crippen LogP) is 2.53. The number of amides is 1. The first kappa shape index (κ1) is 15.8. The van der Waals surface area contributed by atoms with Gasteiger partial charge in [0.15, 0.2) is 0 Å². The zero-order valence-electron chi connectivity index (χ0n) is 13.0. The molecule has 1 amide bonds. The van der Waals surface area contributed by atoms with Gasteiger partial charge in [0.2, 0.25) is 0 Å². The van der Waals surface area contributed by atoms with Gasteiger partial charge in [-0.1, -0.05) is 30.3 Å². The second-order valence-corrected chi connectivity index (χ2v) is 6.34. The van der Waals surface area contributed by atoms with Crippen LogP contribution in [-0.2, 0) is 16.1 Å². The molecule has 0 aliphatic carbocycles. The van der Waals surface area contributed by atoms with Crippen LogP contribution in [0.1, 0.15) is 33.3 Å². The van der Waals surface area contributed by atoms with E-state index in [9.17, 15) is 9.90 Å². The highest BCUT2D eigenvalue weighted by atomic mass is 16.6. The third kappa shape index (κ3) is 3.54. The Hall–Kier alpha value is -1.59.